The van der Waals surface area contributed by atoms with Gasteiger partial charge < -0.3 is 20.2 Å². The highest BCUT2D eigenvalue weighted by molar-refractivity contribution is 5.94. The SMILES string of the molecule is CC1CC(C(=O)O)CN(C(=O)NCCc2cccc(C(=O)N(C)C)c2)C1. The van der Waals surface area contributed by atoms with E-state index in [2.05, 4.69) is 5.32 Å². The van der Waals surface area contributed by atoms with E-state index in [0.717, 1.165) is 5.56 Å². The molecule has 1 aromatic carbocycles. The summed E-state index contributed by atoms with van der Waals surface area (Å²) in [6, 6.07) is 7.12. The highest BCUT2D eigenvalue weighted by atomic mass is 16.4. The number of carbonyl (C=O) groups excluding carboxylic acids is 2. The van der Waals surface area contributed by atoms with Gasteiger partial charge in [0.25, 0.3) is 5.91 Å². The van der Waals surface area contributed by atoms with Crippen LogP contribution in [0.4, 0.5) is 4.79 Å². The Hall–Kier alpha value is -2.57. The van der Waals surface area contributed by atoms with Crippen LogP contribution in [0.3, 0.4) is 0 Å². The lowest BCUT2D eigenvalue weighted by molar-refractivity contribution is -0.143. The maximum atomic E-state index is 12.3. The number of nitrogens with zero attached hydrogens (tertiary/aromatic N) is 2. The second-order valence-corrected chi connectivity index (χ2v) is 7.16. The summed E-state index contributed by atoms with van der Waals surface area (Å²) in [7, 11) is 3.42. The van der Waals surface area contributed by atoms with Crippen molar-refractivity contribution in [3.05, 3.63) is 35.4 Å². The van der Waals surface area contributed by atoms with Crippen molar-refractivity contribution >= 4 is 17.9 Å². The molecule has 1 aliphatic rings. The second kappa shape index (κ2) is 8.69. The van der Waals surface area contributed by atoms with Crippen molar-refractivity contribution in [1.29, 1.82) is 0 Å². The highest BCUT2D eigenvalue weighted by Gasteiger charge is 2.31. The Morgan fingerprint density at radius 3 is 2.65 bits per heavy atom. The van der Waals surface area contributed by atoms with E-state index in [1.165, 1.54) is 4.90 Å². The number of benzene rings is 1. The van der Waals surface area contributed by atoms with E-state index >= 15 is 0 Å². The third kappa shape index (κ3) is 5.21. The van der Waals surface area contributed by atoms with Crippen LogP contribution in [0, 0.1) is 11.8 Å². The zero-order valence-electron chi connectivity index (χ0n) is 15.6. The number of carbonyl (C=O) groups is 3. The average Bonchev–Trinajstić information content (AvgIpc) is 2.60. The van der Waals surface area contributed by atoms with Gasteiger partial charge in [-0.25, -0.2) is 4.79 Å². The van der Waals surface area contributed by atoms with Gasteiger partial charge in [-0.05, 0) is 36.5 Å². The molecule has 7 heteroatoms. The molecule has 0 bridgehead atoms. The predicted octanol–water partition coefficient (Wildman–Crippen LogP) is 1.68. The summed E-state index contributed by atoms with van der Waals surface area (Å²) >= 11 is 0. The van der Waals surface area contributed by atoms with Crippen LogP contribution in [0.2, 0.25) is 0 Å². The van der Waals surface area contributed by atoms with Gasteiger partial charge in [-0.1, -0.05) is 19.1 Å². The van der Waals surface area contributed by atoms with Gasteiger partial charge in [0.1, 0.15) is 0 Å². The zero-order chi connectivity index (χ0) is 19.3. The minimum absolute atomic E-state index is 0.0575. The molecule has 2 N–H and O–H groups in total. The van der Waals surface area contributed by atoms with Crippen molar-refractivity contribution in [1.82, 2.24) is 15.1 Å². The average molecular weight is 361 g/mol. The molecule has 1 saturated heterocycles. The van der Waals surface area contributed by atoms with Gasteiger partial charge in [-0.3, -0.25) is 9.59 Å². The van der Waals surface area contributed by atoms with Crippen molar-refractivity contribution in [3.63, 3.8) is 0 Å². The van der Waals surface area contributed by atoms with Crippen molar-refractivity contribution in [2.24, 2.45) is 11.8 Å². The van der Waals surface area contributed by atoms with Gasteiger partial charge in [0.15, 0.2) is 0 Å². The predicted molar refractivity (Wildman–Crippen MR) is 98.0 cm³/mol. The number of nitrogens with one attached hydrogen (secondary N) is 1. The number of carboxylic acids is 1. The van der Waals surface area contributed by atoms with Crippen LogP contribution in [-0.4, -0.2) is 66.5 Å². The number of urea groups is 1. The highest BCUT2D eigenvalue weighted by Crippen LogP contribution is 2.21. The largest absolute Gasteiger partial charge is 0.481 e. The van der Waals surface area contributed by atoms with Crippen LogP contribution < -0.4 is 5.32 Å². The maximum absolute atomic E-state index is 12.3. The fraction of sp³-hybridized carbons (Fsp3) is 0.526. The fourth-order valence-electron chi connectivity index (χ4n) is 3.24. The van der Waals surface area contributed by atoms with Crippen LogP contribution in [0.1, 0.15) is 29.3 Å². The topological polar surface area (TPSA) is 90.0 Å². The Balaban J connectivity index is 1.87. The van der Waals surface area contributed by atoms with Gasteiger partial charge in [0.05, 0.1) is 5.92 Å². The molecule has 1 fully saturated rings. The number of hydrogen-bond donors (Lipinski definition) is 2. The number of carboxylic acid groups (broad SMARTS) is 1. The summed E-state index contributed by atoms with van der Waals surface area (Å²) in [5, 5.41) is 12.1. The van der Waals surface area contributed by atoms with Crippen molar-refractivity contribution in [2.75, 3.05) is 33.7 Å². The lowest BCUT2D eigenvalue weighted by atomic mass is 9.91. The Bertz CT molecular complexity index is 675. The third-order valence-corrected chi connectivity index (χ3v) is 4.57. The summed E-state index contributed by atoms with van der Waals surface area (Å²) in [5.74, 6) is -1.24. The molecule has 2 rings (SSSR count). The molecule has 2 unspecified atom stereocenters. The summed E-state index contributed by atoms with van der Waals surface area (Å²) in [6.07, 6.45) is 1.21. The molecule has 1 aliphatic heterocycles. The van der Waals surface area contributed by atoms with Crippen LogP contribution in [0.15, 0.2) is 24.3 Å². The molecule has 0 aromatic heterocycles. The first kappa shape index (κ1) is 19.8. The van der Waals surface area contributed by atoms with Crippen molar-refractivity contribution < 1.29 is 19.5 Å². The molecule has 142 valence electrons. The normalized spacial score (nSPS) is 19.7. The number of aliphatic carboxylic acids is 1. The Labute approximate surface area is 154 Å². The Kier molecular flexibility index (Phi) is 6.60. The summed E-state index contributed by atoms with van der Waals surface area (Å²) in [4.78, 5) is 38.7. The molecule has 2 atom stereocenters. The number of amides is 3. The lowest BCUT2D eigenvalue weighted by Gasteiger charge is -2.34. The first-order valence-corrected chi connectivity index (χ1v) is 8.84. The lowest BCUT2D eigenvalue weighted by Crippen LogP contribution is -2.49. The summed E-state index contributed by atoms with van der Waals surface area (Å²) in [6.45, 7) is 3.21. The Morgan fingerprint density at radius 2 is 2.00 bits per heavy atom. The smallest absolute Gasteiger partial charge is 0.317 e. The number of hydrogen-bond acceptors (Lipinski definition) is 3. The standard InChI is InChI=1S/C19H27N3O4/c1-13-9-16(18(24)25)12-22(11-13)19(26)20-8-7-14-5-4-6-15(10-14)17(23)21(2)3/h4-6,10,13,16H,7-9,11-12H2,1-3H3,(H,20,26)(H,24,25). The third-order valence-electron chi connectivity index (χ3n) is 4.57. The molecule has 0 radical (unpaired) electrons. The fourth-order valence-corrected chi connectivity index (χ4v) is 3.24. The van der Waals surface area contributed by atoms with Gasteiger partial charge in [0, 0.05) is 39.3 Å². The van der Waals surface area contributed by atoms with Crippen LogP contribution in [0.25, 0.3) is 0 Å². The molecule has 0 aliphatic carbocycles. The minimum atomic E-state index is -0.850. The van der Waals surface area contributed by atoms with E-state index in [9.17, 15) is 19.5 Å². The molecule has 3 amide bonds. The monoisotopic (exact) mass is 361 g/mol. The zero-order valence-corrected chi connectivity index (χ0v) is 15.6. The van der Waals surface area contributed by atoms with Crippen molar-refractivity contribution in [2.45, 2.75) is 19.8 Å². The molecule has 1 aromatic rings. The second-order valence-electron chi connectivity index (χ2n) is 7.16. The van der Waals surface area contributed by atoms with Gasteiger partial charge in [-0.2, -0.15) is 0 Å². The molecular formula is C19H27N3O4. The van der Waals surface area contributed by atoms with E-state index in [4.69, 9.17) is 0 Å². The van der Waals surface area contributed by atoms with Gasteiger partial charge in [0.2, 0.25) is 0 Å². The molecule has 0 saturated carbocycles. The quantitative estimate of drug-likeness (QED) is 0.835. The van der Waals surface area contributed by atoms with E-state index < -0.39 is 11.9 Å². The van der Waals surface area contributed by atoms with Gasteiger partial charge in [-0.15, -0.1) is 0 Å². The first-order chi connectivity index (χ1) is 12.3. The van der Waals surface area contributed by atoms with E-state index in [0.29, 0.717) is 31.5 Å². The molecule has 26 heavy (non-hydrogen) atoms. The first-order valence-electron chi connectivity index (χ1n) is 8.84. The van der Waals surface area contributed by atoms with E-state index in [1.54, 1.807) is 25.1 Å². The summed E-state index contributed by atoms with van der Waals surface area (Å²) < 4.78 is 0. The van der Waals surface area contributed by atoms with Gasteiger partial charge >= 0.3 is 12.0 Å². The molecule has 0 spiro atoms. The van der Waals surface area contributed by atoms with Crippen LogP contribution >= 0.6 is 0 Å². The van der Waals surface area contributed by atoms with Crippen LogP contribution in [-0.2, 0) is 11.2 Å². The molecule has 1 heterocycles. The Morgan fingerprint density at radius 1 is 1.27 bits per heavy atom. The number of rotatable bonds is 5. The number of piperidine rings is 1. The molecular weight excluding hydrogens is 334 g/mol. The summed E-state index contributed by atoms with van der Waals surface area (Å²) in [5.41, 5.74) is 1.58. The van der Waals surface area contributed by atoms with E-state index in [1.807, 2.05) is 25.1 Å². The maximum Gasteiger partial charge on any atom is 0.317 e. The van der Waals surface area contributed by atoms with Crippen LogP contribution in [0.5, 0.6) is 0 Å². The molecule has 7 nitrogen and oxygen atoms in total. The number of likely N-dealkylation sites (tertiary alicyclic amines) is 1. The van der Waals surface area contributed by atoms with Crippen molar-refractivity contribution in [3.8, 4) is 0 Å². The van der Waals surface area contributed by atoms with E-state index in [-0.39, 0.29) is 24.4 Å². The minimum Gasteiger partial charge on any atom is -0.481 e.